The van der Waals surface area contributed by atoms with Crippen molar-refractivity contribution >= 4 is 31.6 Å². The maximum atomic E-state index is 12.4. The van der Waals surface area contributed by atoms with Crippen LogP contribution < -0.4 is 5.56 Å². The predicted molar refractivity (Wildman–Crippen MR) is 87.7 cm³/mol. The topological polar surface area (TPSA) is 72.3 Å². The Labute approximate surface area is 133 Å². The van der Waals surface area contributed by atoms with E-state index in [0.29, 0.717) is 23.3 Å². The summed E-state index contributed by atoms with van der Waals surface area (Å²) in [6.45, 7) is 1.34. The molecule has 1 fully saturated rings. The van der Waals surface area contributed by atoms with E-state index < -0.39 is 10.0 Å². The van der Waals surface area contributed by atoms with Crippen LogP contribution in [0.2, 0.25) is 0 Å². The summed E-state index contributed by atoms with van der Waals surface area (Å²) < 4.78 is 27.8. The zero-order valence-electron chi connectivity index (χ0n) is 12.3. The number of aryl methyl sites for hydroxylation is 1. The summed E-state index contributed by atoms with van der Waals surface area (Å²) in [7, 11) is -3.31. The summed E-state index contributed by atoms with van der Waals surface area (Å²) in [6.07, 6.45) is 5.46. The molecule has 22 heavy (non-hydrogen) atoms. The summed E-state index contributed by atoms with van der Waals surface area (Å²) in [5, 5.41) is 2.37. The van der Waals surface area contributed by atoms with Crippen molar-refractivity contribution in [3.63, 3.8) is 0 Å². The highest BCUT2D eigenvalue weighted by Crippen LogP contribution is 2.15. The number of rotatable bonds is 4. The van der Waals surface area contributed by atoms with Crippen molar-refractivity contribution in [2.45, 2.75) is 32.2 Å². The summed E-state index contributed by atoms with van der Waals surface area (Å²) in [5.41, 5.74) is -0.169. The first-order chi connectivity index (χ1) is 10.6. The molecule has 2 aromatic rings. The first kappa shape index (κ1) is 15.6. The van der Waals surface area contributed by atoms with Crippen molar-refractivity contribution in [3.8, 4) is 0 Å². The van der Waals surface area contributed by atoms with E-state index >= 15 is 0 Å². The van der Waals surface area contributed by atoms with Crippen molar-refractivity contribution in [1.29, 1.82) is 0 Å². The van der Waals surface area contributed by atoms with Crippen molar-refractivity contribution in [1.82, 2.24) is 13.9 Å². The van der Waals surface area contributed by atoms with Gasteiger partial charge in [-0.2, -0.15) is 0 Å². The minimum absolute atomic E-state index is 0.0514. The van der Waals surface area contributed by atoms with Crippen molar-refractivity contribution in [3.05, 3.63) is 28.1 Å². The fourth-order valence-electron chi connectivity index (χ4n) is 2.72. The second-order valence-electron chi connectivity index (χ2n) is 5.51. The molecular formula is C14H19N3O3S2. The van der Waals surface area contributed by atoms with E-state index in [1.165, 1.54) is 22.2 Å². The lowest BCUT2D eigenvalue weighted by Crippen LogP contribution is -2.36. The molecule has 0 saturated carbocycles. The van der Waals surface area contributed by atoms with E-state index in [2.05, 4.69) is 4.98 Å². The van der Waals surface area contributed by atoms with Crippen molar-refractivity contribution < 1.29 is 8.42 Å². The molecule has 120 valence electrons. The van der Waals surface area contributed by atoms with Crippen LogP contribution in [0.3, 0.4) is 0 Å². The van der Waals surface area contributed by atoms with Crippen LogP contribution in [0.4, 0.5) is 0 Å². The largest absolute Gasteiger partial charge is 0.298 e. The molecule has 1 aliphatic rings. The van der Waals surface area contributed by atoms with Gasteiger partial charge < -0.3 is 0 Å². The maximum Gasteiger partial charge on any atom is 0.262 e. The first-order valence-corrected chi connectivity index (χ1v) is 9.97. The standard InChI is InChI=1S/C14H19N3O3S2/c18-14-12-5-9-21-13(12)15-11-16(14)8-10-22(19,20)17-6-3-1-2-4-7-17/h5,9,11H,1-4,6-8,10H2. The predicted octanol–water partition coefficient (Wildman–Crippen LogP) is 1.66. The van der Waals surface area contributed by atoms with E-state index in [1.807, 2.05) is 5.38 Å². The van der Waals surface area contributed by atoms with Crippen LogP contribution in [-0.2, 0) is 16.6 Å². The first-order valence-electron chi connectivity index (χ1n) is 7.48. The molecule has 0 bridgehead atoms. The molecule has 8 heteroatoms. The minimum atomic E-state index is -3.31. The van der Waals surface area contributed by atoms with Gasteiger partial charge in [-0.05, 0) is 24.3 Å². The Morgan fingerprint density at radius 2 is 1.91 bits per heavy atom. The number of thiophene rings is 1. The highest BCUT2D eigenvalue weighted by Gasteiger charge is 2.23. The minimum Gasteiger partial charge on any atom is -0.298 e. The van der Waals surface area contributed by atoms with Gasteiger partial charge in [0.05, 0.1) is 17.5 Å². The number of sulfonamides is 1. The zero-order valence-corrected chi connectivity index (χ0v) is 13.9. The molecule has 0 amide bonds. The fourth-order valence-corrected chi connectivity index (χ4v) is 4.94. The number of hydrogen-bond acceptors (Lipinski definition) is 5. The molecule has 0 unspecified atom stereocenters. The Hall–Kier alpha value is -1.25. The summed E-state index contributed by atoms with van der Waals surface area (Å²) in [6, 6.07) is 1.73. The summed E-state index contributed by atoms with van der Waals surface area (Å²) in [5.74, 6) is -0.0514. The van der Waals surface area contributed by atoms with Gasteiger partial charge in [-0.3, -0.25) is 9.36 Å². The third-order valence-electron chi connectivity index (χ3n) is 4.00. The normalized spacial score (nSPS) is 17.6. The Balaban J connectivity index is 1.75. The van der Waals surface area contributed by atoms with Crippen LogP contribution in [0.1, 0.15) is 25.7 Å². The molecule has 0 atom stereocenters. The van der Waals surface area contributed by atoms with Crippen LogP contribution in [0.15, 0.2) is 22.6 Å². The van der Waals surface area contributed by atoms with Gasteiger partial charge in [-0.1, -0.05) is 12.8 Å². The lowest BCUT2D eigenvalue weighted by Gasteiger charge is -2.20. The van der Waals surface area contributed by atoms with Crippen LogP contribution in [0, 0.1) is 0 Å². The quantitative estimate of drug-likeness (QED) is 0.848. The molecule has 0 N–H and O–H groups in total. The van der Waals surface area contributed by atoms with E-state index in [9.17, 15) is 13.2 Å². The molecule has 6 nitrogen and oxygen atoms in total. The lowest BCUT2D eigenvalue weighted by atomic mass is 10.2. The molecule has 0 radical (unpaired) electrons. The van der Waals surface area contributed by atoms with Crippen LogP contribution in [0.5, 0.6) is 0 Å². The Bertz CT molecular complexity index is 802. The Kier molecular flexibility index (Phi) is 4.60. The second kappa shape index (κ2) is 6.47. The Morgan fingerprint density at radius 3 is 2.64 bits per heavy atom. The summed E-state index contributed by atoms with van der Waals surface area (Å²) >= 11 is 1.41. The number of fused-ring (bicyclic) bond motifs is 1. The van der Waals surface area contributed by atoms with Crippen LogP contribution >= 0.6 is 11.3 Å². The summed E-state index contributed by atoms with van der Waals surface area (Å²) in [4.78, 5) is 17.2. The lowest BCUT2D eigenvalue weighted by molar-refractivity contribution is 0.421. The Morgan fingerprint density at radius 1 is 1.18 bits per heavy atom. The zero-order chi connectivity index (χ0) is 15.6. The SMILES string of the molecule is O=c1c2ccsc2ncn1CCS(=O)(=O)N1CCCCCC1. The fraction of sp³-hybridized carbons (Fsp3) is 0.571. The second-order valence-corrected chi connectivity index (χ2v) is 8.49. The molecule has 0 spiro atoms. The third-order valence-corrected chi connectivity index (χ3v) is 6.67. The molecule has 0 aromatic carbocycles. The highest BCUT2D eigenvalue weighted by molar-refractivity contribution is 7.89. The van der Waals surface area contributed by atoms with Crippen molar-refractivity contribution in [2.24, 2.45) is 0 Å². The smallest absolute Gasteiger partial charge is 0.262 e. The van der Waals surface area contributed by atoms with Gasteiger partial charge >= 0.3 is 0 Å². The van der Waals surface area contributed by atoms with Gasteiger partial charge in [0.25, 0.3) is 5.56 Å². The molecule has 0 aliphatic carbocycles. The third kappa shape index (κ3) is 3.23. The van der Waals surface area contributed by atoms with Crippen LogP contribution in [-0.4, -0.2) is 41.1 Å². The average Bonchev–Trinajstić information content (AvgIpc) is 2.80. The van der Waals surface area contributed by atoms with Crippen LogP contribution in [0.25, 0.3) is 10.2 Å². The van der Waals surface area contributed by atoms with E-state index in [0.717, 1.165) is 25.7 Å². The molecule has 2 aromatic heterocycles. The van der Waals surface area contributed by atoms with Gasteiger partial charge in [0.2, 0.25) is 10.0 Å². The number of nitrogens with zero attached hydrogens (tertiary/aromatic N) is 3. The van der Waals surface area contributed by atoms with E-state index in [1.54, 1.807) is 10.4 Å². The van der Waals surface area contributed by atoms with Gasteiger partial charge in [0, 0.05) is 19.6 Å². The van der Waals surface area contributed by atoms with Crippen molar-refractivity contribution in [2.75, 3.05) is 18.8 Å². The molecule has 3 heterocycles. The maximum absolute atomic E-state index is 12.4. The number of aromatic nitrogens is 2. The molecule has 1 aliphatic heterocycles. The monoisotopic (exact) mass is 341 g/mol. The molecular weight excluding hydrogens is 322 g/mol. The van der Waals surface area contributed by atoms with Gasteiger partial charge in [0.1, 0.15) is 4.83 Å². The van der Waals surface area contributed by atoms with Gasteiger partial charge in [-0.25, -0.2) is 17.7 Å². The number of hydrogen-bond donors (Lipinski definition) is 0. The van der Waals surface area contributed by atoms with E-state index in [4.69, 9.17) is 0 Å². The van der Waals surface area contributed by atoms with E-state index in [-0.39, 0.29) is 17.9 Å². The van der Waals surface area contributed by atoms with Gasteiger partial charge in [-0.15, -0.1) is 11.3 Å². The molecule has 3 rings (SSSR count). The average molecular weight is 341 g/mol. The molecule has 1 saturated heterocycles. The van der Waals surface area contributed by atoms with Gasteiger partial charge in [0.15, 0.2) is 0 Å². The highest BCUT2D eigenvalue weighted by atomic mass is 32.2.